The van der Waals surface area contributed by atoms with Crippen LogP contribution in [-0.4, -0.2) is 17.6 Å². The number of hydrogen-bond donors (Lipinski definition) is 0. The summed E-state index contributed by atoms with van der Waals surface area (Å²) in [5, 5.41) is 0. The number of allylic oxidation sites excluding steroid dienone is 1. The number of nitrogens with zero attached hydrogens (tertiary/aromatic N) is 1. The second-order valence-corrected chi connectivity index (χ2v) is 4.91. The van der Waals surface area contributed by atoms with Crippen molar-refractivity contribution in [3.8, 4) is 0 Å². The standard InChI is InChI=1S/C18H21NO2/c1-4-11-19-16(12-14-9-7-6-8-10-14)15(5-2)13-17(19)18(20)21-3/h4,6-10,13H,1,5,11-12H2,2-3H3. The first-order valence-electron chi connectivity index (χ1n) is 7.15. The van der Waals surface area contributed by atoms with E-state index in [1.807, 2.05) is 28.8 Å². The summed E-state index contributed by atoms with van der Waals surface area (Å²) in [7, 11) is 1.41. The Kier molecular flexibility index (Phi) is 4.99. The van der Waals surface area contributed by atoms with Crippen LogP contribution in [0.3, 0.4) is 0 Å². The van der Waals surface area contributed by atoms with Crippen LogP contribution in [0.5, 0.6) is 0 Å². The molecule has 1 heterocycles. The fraction of sp³-hybridized carbons (Fsp3) is 0.278. The molecule has 110 valence electrons. The lowest BCUT2D eigenvalue weighted by atomic mass is 10.1. The van der Waals surface area contributed by atoms with Crippen LogP contribution in [-0.2, 0) is 24.1 Å². The molecular weight excluding hydrogens is 262 g/mol. The zero-order valence-electron chi connectivity index (χ0n) is 12.6. The Balaban J connectivity index is 2.48. The summed E-state index contributed by atoms with van der Waals surface area (Å²) in [6, 6.07) is 12.2. The largest absolute Gasteiger partial charge is 0.464 e. The highest BCUT2D eigenvalue weighted by Crippen LogP contribution is 2.21. The number of benzene rings is 1. The molecular formula is C18H21NO2. The lowest BCUT2D eigenvalue weighted by molar-refractivity contribution is 0.0588. The average Bonchev–Trinajstić information content (AvgIpc) is 2.86. The molecule has 0 saturated carbocycles. The summed E-state index contributed by atoms with van der Waals surface area (Å²) in [5.74, 6) is -0.300. The smallest absolute Gasteiger partial charge is 0.354 e. The van der Waals surface area contributed by atoms with Gasteiger partial charge in [0.25, 0.3) is 0 Å². The van der Waals surface area contributed by atoms with E-state index in [-0.39, 0.29) is 5.97 Å². The summed E-state index contributed by atoms with van der Waals surface area (Å²) in [6.07, 6.45) is 3.49. The molecule has 3 heteroatoms. The van der Waals surface area contributed by atoms with E-state index in [1.54, 1.807) is 6.08 Å². The van der Waals surface area contributed by atoms with Crippen molar-refractivity contribution in [1.29, 1.82) is 0 Å². The number of ether oxygens (including phenoxy) is 1. The summed E-state index contributed by atoms with van der Waals surface area (Å²) < 4.78 is 6.90. The second-order valence-electron chi connectivity index (χ2n) is 4.91. The number of hydrogen-bond acceptors (Lipinski definition) is 2. The van der Waals surface area contributed by atoms with Crippen molar-refractivity contribution in [2.24, 2.45) is 0 Å². The van der Waals surface area contributed by atoms with Crippen molar-refractivity contribution in [3.63, 3.8) is 0 Å². The van der Waals surface area contributed by atoms with Crippen LogP contribution >= 0.6 is 0 Å². The number of methoxy groups -OCH3 is 1. The zero-order chi connectivity index (χ0) is 15.2. The van der Waals surface area contributed by atoms with Crippen LogP contribution in [0.4, 0.5) is 0 Å². The molecule has 0 spiro atoms. The van der Waals surface area contributed by atoms with Gasteiger partial charge in [-0.15, -0.1) is 6.58 Å². The normalized spacial score (nSPS) is 10.4. The number of carbonyl (C=O) groups is 1. The Morgan fingerprint density at radius 2 is 2.05 bits per heavy atom. The minimum Gasteiger partial charge on any atom is -0.464 e. The van der Waals surface area contributed by atoms with Gasteiger partial charge < -0.3 is 9.30 Å². The summed E-state index contributed by atoms with van der Waals surface area (Å²) >= 11 is 0. The van der Waals surface area contributed by atoms with Gasteiger partial charge >= 0.3 is 5.97 Å². The van der Waals surface area contributed by atoms with Gasteiger partial charge in [0.15, 0.2) is 0 Å². The molecule has 0 aliphatic carbocycles. The van der Waals surface area contributed by atoms with Gasteiger partial charge in [-0.05, 0) is 23.6 Å². The van der Waals surface area contributed by atoms with Crippen molar-refractivity contribution >= 4 is 5.97 Å². The highest BCUT2D eigenvalue weighted by molar-refractivity contribution is 5.88. The summed E-state index contributed by atoms with van der Waals surface area (Å²) in [6.45, 7) is 6.50. The molecule has 0 N–H and O–H groups in total. The predicted molar refractivity (Wildman–Crippen MR) is 84.6 cm³/mol. The predicted octanol–water partition coefficient (Wildman–Crippen LogP) is 3.61. The number of carbonyl (C=O) groups excluding carboxylic acids is 1. The quantitative estimate of drug-likeness (QED) is 0.599. The molecule has 3 nitrogen and oxygen atoms in total. The number of rotatable bonds is 6. The van der Waals surface area contributed by atoms with Crippen molar-refractivity contribution < 1.29 is 9.53 Å². The number of aromatic nitrogens is 1. The van der Waals surface area contributed by atoms with Gasteiger partial charge in [0, 0.05) is 18.7 Å². The molecule has 2 aromatic rings. The molecule has 0 bridgehead atoms. The van der Waals surface area contributed by atoms with E-state index in [2.05, 4.69) is 25.6 Å². The Hall–Kier alpha value is -2.29. The Bertz CT molecular complexity index is 626. The molecule has 0 amide bonds. The van der Waals surface area contributed by atoms with Crippen molar-refractivity contribution in [2.75, 3.05) is 7.11 Å². The lowest BCUT2D eigenvalue weighted by Crippen LogP contribution is -2.12. The minimum atomic E-state index is -0.300. The third-order valence-electron chi connectivity index (χ3n) is 3.60. The SMILES string of the molecule is C=CCn1c(C(=O)OC)cc(CC)c1Cc1ccccc1. The van der Waals surface area contributed by atoms with E-state index in [9.17, 15) is 4.79 Å². The van der Waals surface area contributed by atoms with E-state index < -0.39 is 0 Å². The topological polar surface area (TPSA) is 31.2 Å². The van der Waals surface area contributed by atoms with E-state index in [4.69, 9.17) is 4.74 Å². The fourth-order valence-corrected chi connectivity index (χ4v) is 2.56. The molecule has 0 aliphatic heterocycles. The fourth-order valence-electron chi connectivity index (χ4n) is 2.56. The number of aryl methyl sites for hydroxylation is 1. The second kappa shape index (κ2) is 6.93. The first-order chi connectivity index (χ1) is 10.2. The molecule has 2 rings (SSSR count). The van der Waals surface area contributed by atoms with Crippen molar-refractivity contribution in [3.05, 3.63) is 71.6 Å². The number of esters is 1. The maximum atomic E-state index is 12.0. The van der Waals surface area contributed by atoms with Gasteiger partial charge in [-0.1, -0.05) is 43.3 Å². The van der Waals surface area contributed by atoms with Crippen LogP contribution < -0.4 is 0 Å². The maximum absolute atomic E-state index is 12.0. The Labute approximate surface area is 125 Å². The first kappa shape index (κ1) is 15.1. The van der Waals surface area contributed by atoms with Crippen LogP contribution in [0.15, 0.2) is 49.1 Å². The van der Waals surface area contributed by atoms with Crippen LogP contribution in [0.25, 0.3) is 0 Å². The molecule has 0 atom stereocenters. The lowest BCUT2D eigenvalue weighted by Gasteiger charge is -2.12. The summed E-state index contributed by atoms with van der Waals surface area (Å²) in [5.41, 5.74) is 4.16. The molecule has 0 aliphatic rings. The van der Waals surface area contributed by atoms with Crippen LogP contribution in [0.2, 0.25) is 0 Å². The van der Waals surface area contributed by atoms with E-state index >= 15 is 0 Å². The molecule has 0 unspecified atom stereocenters. The van der Waals surface area contributed by atoms with Gasteiger partial charge in [0.2, 0.25) is 0 Å². The first-order valence-corrected chi connectivity index (χ1v) is 7.15. The monoisotopic (exact) mass is 283 g/mol. The average molecular weight is 283 g/mol. The molecule has 0 fully saturated rings. The van der Waals surface area contributed by atoms with E-state index in [1.165, 1.54) is 18.2 Å². The molecule has 1 aromatic carbocycles. The molecule has 1 aromatic heterocycles. The van der Waals surface area contributed by atoms with Crippen LogP contribution in [0.1, 0.15) is 34.2 Å². The maximum Gasteiger partial charge on any atom is 0.354 e. The zero-order valence-corrected chi connectivity index (χ0v) is 12.6. The van der Waals surface area contributed by atoms with Gasteiger partial charge in [-0.2, -0.15) is 0 Å². The van der Waals surface area contributed by atoms with Crippen molar-refractivity contribution in [1.82, 2.24) is 4.57 Å². The van der Waals surface area contributed by atoms with E-state index in [0.717, 1.165) is 18.5 Å². The van der Waals surface area contributed by atoms with Gasteiger partial charge in [-0.25, -0.2) is 4.79 Å². The third kappa shape index (κ3) is 3.24. The van der Waals surface area contributed by atoms with Gasteiger partial charge in [0.05, 0.1) is 7.11 Å². The highest BCUT2D eigenvalue weighted by atomic mass is 16.5. The molecule has 0 saturated heterocycles. The Morgan fingerprint density at radius 1 is 1.33 bits per heavy atom. The van der Waals surface area contributed by atoms with Gasteiger partial charge in [0.1, 0.15) is 5.69 Å². The van der Waals surface area contributed by atoms with E-state index in [0.29, 0.717) is 12.2 Å². The Morgan fingerprint density at radius 3 is 2.62 bits per heavy atom. The van der Waals surface area contributed by atoms with Gasteiger partial charge in [-0.3, -0.25) is 0 Å². The summed E-state index contributed by atoms with van der Waals surface area (Å²) in [4.78, 5) is 12.0. The minimum absolute atomic E-state index is 0.300. The molecule has 0 radical (unpaired) electrons. The van der Waals surface area contributed by atoms with Crippen molar-refractivity contribution in [2.45, 2.75) is 26.3 Å². The third-order valence-corrected chi connectivity index (χ3v) is 3.60. The highest BCUT2D eigenvalue weighted by Gasteiger charge is 2.19. The van der Waals surface area contributed by atoms with Crippen LogP contribution in [0, 0.1) is 0 Å². The molecule has 21 heavy (non-hydrogen) atoms.